The molecular weight excluding hydrogens is 630 g/mol. The van der Waals surface area contributed by atoms with Gasteiger partial charge in [0.1, 0.15) is 36.6 Å². The Bertz CT molecular complexity index is 775. The van der Waals surface area contributed by atoms with Crippen LogP contribution in [0.1, 0.15) is 168 Å². The molecule has 0 saturated carbocycles. The van der Waals surface area contributed by atoms with Crippen LogP contribution in [-0.2, 0) is 14.3 Å². The molecular formula is C38H75NO10. The Balaban J connectivity index is 2.36. The molecule has 8 N–H and O–H groups in total. The Kier molecular flexibility index (Phi) is 27.9. The summed E-state index contributed by atoms with van der Waals surface area (Å²) >= 11 is 0. The highest BCUT2D eigenvalue weighted by Gasteiger charge is 2.44. The summed E-state index contributed by atoms with van der Waals surface area (Å²) in [5.74, 6) is -0.702. The number of nitrogens with one attached hydrogen (secondary N) is 1. The Morgan fingerprint density at radius 1 is 0.633 bits per heavy atom. The highest BCUT2D eigenvalue weighted by atomic mass is 16.7. The first-order valence-corrected chi connectivity index (χ1v) is 19.9. The highest BCUT2D eigenvalue weighted by molar-refractivity contribution is 5.80. The van der Waals surface area contributed by atoms with Gasteiger partial charge in [0.15, 0.2) is 6.29 Å². The topological polar surface area (TPSA) is 189 Å². The van der Waals surface area contributed by atoms with Gasteiger partial charge in [0.05, 0.1) is 25.4 Å². The van der Waals surface area contributed by atoms with Crippen molar-refractivity contribution >= 4 is 5.91 Å². The third-order valence-corrected chi connectivity index (χ3v) is 9.91. The zero-order valence-electron chi connectivity index (χ0n) is 30.9. The molecule has 1 rings (SSSR count). The van der Waals surface area contributed by atoms with E-state index in [4.69, 9.17) is 9.47 Å². The van der Waals surface area contributed by atoms with Gasteiger partial charge in [0, 0.05) is 0 Å². The molecule has 292 valence electrons. The summed E-state index contributed by atoms with van der Waals surface area (Å²) in [4.78, 5) is 12.9. The minimum atomic E-state index is -1.65. The summed E-state index contributed by atoms with van der Waals surface area (Å²) in [6.45, 7) is 3.28. The van der Waals surface area contributed by atoms with Crippen LogP contribution in [0, 0.1) is 0 Å². The molecule has 0 spiro atoms. The normalized spacial score (nSPS) is 23.7. The Hall–Kier alpha value is -0.890. The van der Waals surface area contributed by atoms with E-state index in [0.29, 0.717) is 19.3 Å². The maximum absolute atomic E-state index is 12.9. The van der Waals surface area contributed by atoms with Crippen LogP contribution in [0.2, 0.25) is 0 Å². The third-order valence-electron chi connectivity index (χ3n) is 9.91. The van der Waals surface area contributed by atoms with Crippen molar-refractivity contribution in [3.63, 3.8) is 0 Å². The van der Waals surface area contributed by atoms with Crippen LogP contribution in [0.5, 0.6) is 0 Å². The maximum atomic E-state index is 12.9. The molecule has 1 amide bonds. The van der Waals surface area contributed by atoms with E-state index in [0.717, 1.165) is 38.5 Å². The van der Waals surface area contributed by atoms with Crippen molar-refractivity contribution in [2.45, 2.75) is 223 Å². The van der Waals surface area contributed by atoms with Crippen molar-refractivity contribution in [2.24, 2.45) is 0 Å². The molecule has 0 aromatic heterocycles. The second kappa shape index (κ2) is 29.7. The Morgan fingerprint density at radius 3 is 1.53 bits per heavy atom. The standard InChI is InChI=1S/C38H75NO10/c1-3-5-7-9-10-11-12-13-14-15-16-17-18-19-20-21-22-24-26-31(42)37(47)39-29(33(43)30(41)25-23-8-6-4-2)28-48-38-36(46)35(45)34(44)32(27-40)49-38/h29-36,38,40-46H,3-28H2,1-2H3,(H,39,47). The number of carbonyl (C=O) groups is 1. The molecule has 1 saturated heterocycles. The van der Waals surface area contributed by atoms with Gasteiger partial charge in [-0.15, -0.1) is 0 Å². The fourth-order valence-corrected chi connectivity index (χ4v) is 6.50. The molecule has 1 aliphatic heterocycles. The van der Waals surface area contributed by atoms with Crippen molar-refractivity contribution in [3.8, 4) is 0 Å². The number of aliphatic hydroxyl groups excluding tert-OH is 7. The van der Waals surface area contributed by atoms with E-state index in [1.54, 1.807) is 0 Å². The lowest BCUT2D eigenvalue weighted by molar-refractivity contribution is -0.303. The van der Waals surface area contributed by atoms with Crippen LogP contribution in [0.3, 0.4) is 0 Å². The van der Waals surface area contributed by atoms with Crippen molar-refractivity contribution in [2.75, 3.05) is 13.2 Å². The van der Waals surface area contributed by atoms with Gasteiger partial charge in [-0.05, 0) is 12.8 Å². The molecule has 11 nitrogen and oxygen atoms in total. The molecule has 0 aromatic rings. The highest BCUT2D eigenvalue weighted by Crippen LogP contribution is 2.23. The predicted octanol–water partition coefficient (Wildman–Crippen LogP) is 4.77. The summed E-state index contributed by atoms with van der Waals surface area (Å²) in [7, 11) is 0. The average molecular weight is 706 g/mol. The van der Waals surface area contributed by atoms with E-state index in [2.05, 4.69) is 19.2 Å². The molecule has 1 heterocycles. The summed E-state index contributed by atoms with van der Waals surface area (Å²) in [6.07, 6.45) is 15.3. The van der Waals surface area contributed by atoms with E-state index >= 15 is 0 Å². The minimum absolute atomic E-state index is 0.264. The Morgan fingerprint density at radius 2 is 1.06 bits per heavy atom. The number of amides is 1. The van der Waals surface area contributed by atoms with Gasteiger partial charge in [0.25, 0.3) is 0 Å². The van der Waals surface area contributed by atoms with E-state index in [1.165, 1.54) is 89.9 Å². The SMILES string of the molecule is CCCCCCCCCCCCCCCCCCCCC(O)C(=O)NC(COC1OC(CO)C(O)C(O)C1O)C(O)C(O)CCCCCC. The molecule has 11 heteroatoms. The zero-order chi connectivity index (χ0) is 36.3. The van der Waals surface area contributed by atoms with Crippen LogP contribution in [0.15, 0.2) is 0 Å². The number of ether oxygens (including phenoxy) is 2. The van der Waals surface area contributed by atoms with Crippen LogP contribution in [0.25, 0.3) is 0 Å². The first-order chi connectivity index (χ1) is 23.7. The molecule has 1 fully saturated rings. The average Bonchev–Trinajstić information content (AvgIpc) is 3.10. The lowest BCUT2D eigenvalue weighted by atomic mass is 9.98. The Labute approximate surface area is 297 Å². The van der Waals surface area contributed by atoms with Gasteiger partial charge >= 0.3 is 0 Å². The van der Waals surface area contributed by atoms with Crippen LogP contribution in [-0.4, -0.2) is 110 Å². The monoisotopic (exact) mass is 706 g/mol. The molecule has 1 aliphatic rings. The second-order valence-corrected chi connectivity index (χ2v) is 14.4. The number of hydrogen-bond acceptors (Lipinski definition) is 10. The lowest BCUT2D eigenvalue weighted by Crippen LogP contribution is -2.60. The second-order valence-electron chi connectivity index (χ2n) is 14.4. The van der Waals surface area contributed by atoms with Crippen LogP contribution >= 0.6 is 0 Å². The molecule has 0 aliphatic carbocycles. The molecule has 9 atom stereocenters. The largest absolute Gasteiger partial charge is 0.394 e. The van der Waals surface area contributed by atoms with E-state index in [1.807, 2.05) is 0 Å². The van der Waals surface area contributed by atoms with Gasteiger partial charge in [-0.25, -0.2) is 0 Å². The number of hydrogen-bond donors (Lipinski definition) is 8. The fourth-order valence-electron chi connectivity index (χ4n) is 6.50. The number of aliphatic hydroxyl groups is 7. The predicted molar refractivity (Wildman–Crippen MR) is 192 cm³/mol. The molecule has 0 radical (unpaired) electrons. The smallest absolute Gasteiger partial charge is 0.249 e. The van der Waals surface area contributed by atoms with Crippen molar-refractivity contribution in [1.82, 2.24) is 5.32 Å². The van der Waals surface area contributed by atoms with Crippen molar-refractivity contribution in [1.29, 1.82) is 0 Å². The van der Waals surface area contributed by atoms with Gasteiger partial charge in [-0.2, -0.15) is 0 Å². The summed E-state index contributed by atoms with van der Waals surface area (Å²) in [6, 6.07) is -1.16. The third kappa shape index (κ3) is 20.7. The van der Waals surface area contributed by atoms with Gasteiger partial charge in [-0.1, -0.05) is 155 Å². The maximum Gasteiger partial charge on any atom is 0.249 e. The van der Waals surface area contributed by atoms with Crippen molar-refractivity contribution in [3.05, 3.63) is 0 Å². The molecule has 49 heavy (non-hydrogen) atoms. The summed E-state index contributed by atoms with van der Waals surface area (Å²) < 4.78 is 11.0. The van der Waals surface area contributed by atoms with Crippen LogP contribution in [0.4, 0.5) is 0 Å². The molecule has 0 bridgehead atoms. The summed E-state index contributed by atoms with van der Waals surface area (Å²) in [5, 5.41) is 74.6. The van der Waals surface area contributed by atoms with Gasteiger partial charge in [-0.3, -0.25) is 4.79 Å². The van der Waals surface area contributed by atoms with E-state index < -0.39 is 74.2 Å². The van der Waals surface area contributed by atoms with Crippen LogP contribution < -0.4 is 5.32 Å². The summed E-state index contributed by atoms with van der Waals surface area (Å²) in [5.41, 5.74) is 0. The zero-order valence-corrected chi connectivity index (χ0v) is 30.9. The number of unbranched alkanes of at least 4 members (excludes halogenated alkanes) is 20. The van der Waals surface area contributed by atoms with Gasteiger partial charge in [0.2, 0.25) is 5.91 Å². The van der Waals surface area contributed by atoms with E-state index in [-0.39, 0.29) is 6.42 Å². The number of carbonyl (C=O) groups excluding carboxylic acids is 1. The fraction of sp³-hybridized carbons (Fsp3) is 0.974. The first-order valence-electron chi connectivity index (χ1n) is 19.9. The van der Waals surface area contributed by atoms with E-state index in [9.17, 15) is 40.5 Å². The lowest BCUT2D eigenvalue weighted by Gasteiger charge is -2.40. The quantitative estimate of drug-likeness (QED) is 0.0453. The first kappa shape index (κ1) is 46.1. The molecule has 0 aromatic carbocycles. The minimum Gasteiger partial charge on any atom is -0.394 e. The van der Waals surface area contributed by atoms with Gasteiger partial charge < -0.3 is 50.5 Å². The molecule has 9 unspecified atom stereocenters. The number of rotatable bonds is 32. The van der Waals surface area contributed by atoms with Crippen molar-refractivity contribution < 1.29 is 50.0 Å².